The number of halogens is 2. The maximum atomic E-state index is 12.4. The van der Waals surface area contributed by atoms with Gasteiger partial charge in [-0.3, -0.25) is 4.79 Å². The Morgan fingerprint density at radius 2 is 1.40 bits per heavy atom. The molecule has 3 aromatic rings. The number of carbonyl (C=O) groups excluding carboxylic acids is 1. The van der Waals surface area contributed by atoms with E-state index >= 15 is 0 Å². The second kappa shape index (κ2) is 12.3. The Morgan fingerprint density at radius 3 is 1.94 bits per heavy atom. The van der Waals surface area contributed by atoms with E-state index < -0.39 is 0 Å². The zero-order valence-corrected chi connectivity index (χ0v) is 22.1. The molecule has 0 bridgehead atoms. The fourth-order valence-corrected chi connectivity index (χ4v) is 4.10. The van der Waals surface area contributed by atoms with E-state index in [1.807, 2.05) is 36.4 Å². The van der Waals surface area contributed by atoms with Crippen LogP contribution in [0.4, 0.5) is 5.69 Å². The molecule has 0 unspecified atom stereocenters. The summed E-state index contributed by atoms with van der Waals surface area (Å²) in [6, 6.07) is 14.3. The van der Waals surface area contributed by atoms with Crippen LogP contribution < -0.4 is 24.3 Å². The third-order valence-corrected chi connectivity index (χ3v) is 5.87. The van der Waals surface area contributed by atoms with Crippen LogP contribution in [0.15, 0.2) is 65.3 Å². The van der Waals surface area contributed by atoms with Crippen molar-refractivity contribution >= 4 is 51.2 Å². The van der Waals surface area contributed by atoms with E-state index in [-0.39, 0.29) is 5.78 Å². The number of anilines is 1. The van der Waals surface area contributed by atoms with Gasteiger partial charge in [0.25, 0.3) is 0 Å². The summed E-state index contributed by atoms with van der Waals surface area (Å²) in [5.41, 5.74) is 3.00. The standard InChI is InChI=1S/C27H25BrClNO5/c1-32-24-15-18(16-25(33-2)27(24)35-4)6-5-17-13-21(28)26(34-3)22(14-17)30-12-11-23(31)19-7-9-20(29)10-8-19/h5-16,30H,1-4H3/b6-5-,12-11-. The fraction of sp³-hybridized carbons (Fsp3) is 0.148. The van der Waals surface area contributed by atoms with Crippen LogP contribution in [-0.2, 0) is 0 Å². The molecule has 0 amide bonds. The van der Waals surface area contributed by atoms with Gasteiger partial charge in [0.05, 0.1) is 38.6 Å². The lowest BCUT2D eigenvalue weighted by molar-refractivity contribution is 0.104. The van der Waals surface area contributed by atoms with Crippen LogP contribution in [0.2, 0.25) is 5.02 Å². The van der Waals surface area contributed by atoms with Crippen LogP contribution in [0, 0.1) is 0 Å². The van der Waals surface area contributed by atoms with Crippen molar-refractivity contribution in [1.82, 2.24) is 0 Å². The summed E-state index contributed by atoms with van der Waals surface area (Å²) in [5.74, 6) is 2.13. The fourth-order valence-electron chi connectivity index (χ4n) is 3.33. The second-order valence-corrected chi connectivity index (χ2v) is 8.52. The summed E-state index contributed by atoms with van der Waals surface area (Å²) in [6.07, 6.45) is 6.91. The highest BCUT2D eigenvalue weighted by molar-refractivity contribution is 9.10. The van der Waals surface area contributed by atoms with Gasteiger partial charge >= 0.3 is 0 Å². The molecule has 0 spiro atoms. The number of methoxy groups -OCH3 is 4. The number of carbonyl (C=O) groups is 1. The maximum absolute atomic E-state index is 12.4. The van der Waals surface area contributed by atoms with Crippen molar-refractivity contribution in [3.63, 3.8) is 0 Å². The molecule has 0 saturated heterocycles. The lowest BCUT2D eigenvalue weighted by atomic mass is 10.1. The Hall–Kier alpha value is -3.42. The number of benzene rings is 3. The minimum absolute atomic E-state index is 0.148. The Bertz CT molecular complexity index is 1230. The van der Waals surface area contributed by atoms with Crippen molar-refractivity contribution in [3.05, 3.63) is 87.0 Å². The van der Waals surface area contributed by atoms with Gasteiger partial charge in [0.2, 0.25) is 5.75 Å². The van der Waals surface area contributed by atoms with Crippen LogP contribution in [-0.4, -0.2) is 34.2 Å². The molecule has 0 aliphatic rings. The molecule has 3 rings (SSSR count). The van der Waals surface area contributed by atoms with Crippen molar-refractivity contribution in [2.24, 2.45) is 0 Å². The molecular weight excluding hydrogens is 534 g/mol. The summed E-state index contributed by atoms with van der Waals surface area (Å²) in [7, 11) is 6.30. The number of ketones is 1. The highest BCUT2D eigenvalue weighted by Crippen LogP contribution is 2.39. The van der Waals surface area contributed by atoms with E-state index in [4.69, 9.17) is 30.5 Å². The summed E-state index contributed by atoms with van der Waals surface area (Å²) in [5, 5.41) is 3.71. The van der Waals surface area contributed by atoms with Gasteiger partial charge in [-0.1, -0.05) is 23.8 Å². The van der Waals surface area contributed by atoms with Gasteiger partial charge in [0.1, 0.15) is 0 Å². The molecule has 0 fully saturated rings. The maximum Gasteiger partial charge on any atom is 0.203 e. The molecule has 0 radical (unpaired) electrons. The topological polar surface area (TPSA) is 66.0 Å². The quantitative estimate of drug-likeness (QED) is 0.162. The zero-order chi connectivity index (χ0) is 25.4. The number of nitrogens with one attached hydrogen (secondary N) is 1. The molecule has 1 N–H and O–H groups in total. The van der Waals surface area contributed by atoms with Gasteiger partial charge in [-0.05, 0) is 75.6 Å². The van der Waals surface area contributed by atoms with Crippen molar-refractivity contribution in [2.75, 3.05) is 33.8 Å². The van der Waals surface area contributed by atoms with Crippen molar-refractivity contribution in [2.45, 2.75) is 0 Å². The highest BCUT2D eigenvalue weighted by atomic mass is 79.9. The first-order chi connectivity index (χ1) is 16.9. The van der Waals surface area contributed by atoms with Crippen LogP contribution in [0.1, 0.15) is 21.5 Å². The van der Waals surface area contributed by atoms with Gasteiger partial charge in [0, 0.05) is 22.9 Å². The van der Waals surface area contributed by atoms with Crippen molar-refractivity contribution in [1.29, 1.82) is 0 Å². The molecular formula is C27H25BrClNO5. The average molecular weight is 559 g/mol. The Kier molecular flexibility index (Phi) is 9.23. The lowest BCUT2D eigenvalue weighted by Gasteiger charge is -2.13. The largest absolute Gasteiger partial charge is 0.493 e. The number of hydrogen-bond donors (Lipinski definition) is 1. The van der Waals surface area contributed by atoms with E-state index in [0.717, 1.165) is 15.6 Å². The zero-order valence-electron chi connectivity index (χ0n) is 19.7. The van der Waals surface area contributed by atoms with Crippen molar-refractivity contribution < 1.29 is 23.7 Å². The van der Waals surface area contributed by atoms with E-state index in [1.54, 1.807) is 58.9 Å². The van der Waals surface area contributed by atoms with Crippen LogP contribution in [0.25, 0.3) is 12.2 Å². The molecule has 8 heteroatoms. The normalized spacial score (nSPS) is 11.0. The molecule has 0 saturated carbocycles. The van der Waals surface area contributed by atoms with Crippen molar-refractivity contribution in [3.8, 4) is 23.0 Å². The smallest absolute Gasteiger partial charge is 0.203 e. The average Bonchev–Trinajstić information content (AvgIpc) is 2.86. The predicted molar refractivity (Wildman–Crippen MR) is 144 cm³/mol. The van der Waals surface area contributed by atoms with Crippen LogP contribution in [0.5, 0.6) is 23.0 Å². The molecule has 0 heterocycles. The minimum Gasteiger partial charge on any atom is -0.493 e. The Morgan fingerprint density at radius 1 is 0.829 bits per heavy atom. The van der Waals surface area contributed by atoms with E-state index in [2.05, 4.69) is 21.2 Å². The van der Waals surface area contributed by atoms with Gasteiger partial charge in [-0.2, -0.15) is 0 Å². The number of hydrogen-bond acceptors (Lipinski definition) is 6. The third kappa shape index (κ3) is 6.59. The monoisotopic (exact) mass is 557 g/mol. The molecule has 0 aliphatic heterocycles. The molecule has 3 aromatic carbocycles. The lowest BCUT2D eigenvalue weighted by Crippen LogP contribution is -1.98. The first kappa shape index (κ1) is 26.2. The van der Waals surface area contributed by atoms with E-state index in [1.165, 1.54) is 6.08 Å². The second-order valence-electron chi connectivity index (χ2n) is 7.22. The molecule has 0 aliphatic carbocycles. The number of allylic oxidation sites excluding steroid dienone is 1. The molecule has 6 nitrogen and oxygen atoms in total. The minimum atomic E-state index is -0.148. The summed E-state index contributed by atoms with van der Waals surface area (Å²) in [6.45, 7) is 0. The highest BCUT2D eigenvalue weighted by Gasteiger charge is 2.13. The molecule has 0 atom stereocenters. The predicted octanol–water partition coefficient (Wildman–Crippen LogP) is 7.12. The number of rotatable bonds is 10. The summed E-state index contributed by atoms with van der Waals surface area (Å²) in [4.78, 5) is 12.4. The van der Waals surface area contributed by atoms with Gasteiger partial charge in [-0.15, -0.1) is 0 Å². The van der Waals surface area contributed by atoms with E-state index in [9.17, 15) is 4.79 Å². The SMILES string of the molecule is COc1cc(/C=C\c2cc(Br)c(OC)c(N/C=C\C(=O)c3ccc(Cl)cc3)c2)cc(OC)c1OC. The van der Waals surface area contributed by atoms with Crippen LogP contribution >= 0.6 is 27.5 Å². The molecule has 0 aromatic heterocycles. The van der Waals surface area contributed by atoms with Gasteiger partial charge in [-0.25, -0.2) is 0 Å². The Balaban J connectivity index is 1.85. The summed E-state index contributed by atoms with van der Waals surface area (Å²) >= 11 is 9.44. The van der Waals surface area contributed by atoms with Gasteiger partial charge < -0.3 is 24.3 Å². The van der Waals surface area contributed by atoms with Gasteiger partial charge in [0.15, 0.2) is 23.0 Å². The van der Waals surface area contributed by atoms with Crippen LogP contribution in [0.3, 0.4) is 0 Å². The number of ether oxygens (including phenoxy) is 4. The third-order valence-electron chi connectivity index (χ3n) is 5.03. The first-order valence-electron chi connectivity index (χ1n) is 10.5. The molecule has 182 valence electrons. The summed E-state index contributed by atoms with van der Waals surface area (Å²) < 4.78 is 22.5. The Labute approximate surface area is 218 Å². The molecule has 35 heavy (non-hydrogen) atoms. The van der Waals surface area contributed by atoms with E-state index in [0.29, 0.717) is 39.3 Å². The first-order valence-corrected chi connectivity index (χ1v) is 11.7.